The third kappa shape index (κ3) is 2.40. The summed E-state index contributed by atoms with van der Waals surface area (Å²) in [6, 6.07) is 7.74. The van der Waals surface area contributed by atoms with E-state index in [2.05, 4.69) is 0 Å². The molecule has 1 unspecified atom stereocenters. The van der Waals surface area contributed by atoms with Crippen LogP contribution < -0.4 is 5.73 Å². The van der Waals surface area contributed by atoms with Crippen molar-refractivity contribution in [3.05, 3.63) is 29.8 Å². The van der Waals surface area contributed by atoms with Crippen LogP contribution in [0.2, 0.25) is 0 Å². The average Bonchev–Trinajstić information content (AvgIpc) is 2.84. The number of nitrogens with zero attached hydrogens (tertiary/aromatic N) is 2. The Bertz CT molecular complexity index is 693. The number of hydrogen-bond donors (Lipinski definition) is 1. The number of nitrogens with two attached hydrogens (primary N) is 1. The first-order valence-electron chi connectivity index (χ1n) is 6.10. The van der Waals surface area contributed by atoms with E-state index >= 15 is 0 Å². The number of amides is 1. The van der Waals surface area contributed by atoms with Gasteiger partial charge in [-0.3, -0.25) is 4.79 Å². The molecule has 1 amide bonds. The molecule has 6 nitrogen and oxygen atoms in total. The molecule has 2 rings (SSSR count). The Morgan fingerprint density at radius 2 is 2.20 bits per heavy atom. The number of primary amides is 1. The zero-order valence-electron chi connectivity index (χ0n) is 11.0. The van der Waals surface area contributed by atoms with Gasteiger partial charge in [-0.05, 0) is 31.5 Å². The van der Waals surface area contributed by atoms with Crippen LogP contribution in [-0.2, 0) is 14.8 Å². The van der Waals surface area contributed by atoms with Crippen LogP contribution in [0.4, 0.5) is 0 Å². The number of carbonyl (C=O) groups is 1. The van der Waals surface area contributed by atoms with Crippen LogP contribution in [0.25, 0.3) is 0 Å². The van der Waals surface area contributed by atoms with E-state index in [9.17, 15) is 13.2 Å². The van der Waals surface area contributed by atoms with E-state index in [4.69, 9.17) is 11.0 Å². The van der Waals surface area contributed by atoms with Crippen molar-refractivity contribution in [1.29, 1.82) is 5.26 Å². The van der Waals surface area contributed by atoms with Gasteiger partial charge in [-0.2, -0.15) is 9.57 Å². The van der Waals surface area contributed by atoms with Gasteiger partial charge in [0.05, 0.1) is 21.9 Å². The molecule has 0 aromatic heterocycles. The second-order valence-corrected chi connectivity index (χ2v) is 7.09. The first-order chi connectivity index (χ1) is 9.29. The number of nitriles is 1. The molecule has 1 aromatic carbocycles. The van der Waals surface area contributed by atoms with E-state index in [-0.39, 0.29) is 23.5 Å². The molecule has 0 saturated carbocycles. The summed E-state index contributed by atoms with van der Waals surface area (Å²) in [4.78, 5) is 11.5. The quantitative estimate of drug-likeness (QED) is 0.873. The van der Waals surface area contributed by atoms with Crippen molar-refractivity contribution in [2.24, 2.45) is 11.1 Å². The molecule has 106 valence electrons. The summed E-state index contributed by atoms with van der Waals surface area (Å²) in [5.41, 5.74) is 4.77. The molecule has 0 spiro atoms. The molecular formula is C13H15N3O3S. The van der Waals surface area contributed by atoms with Crippen LogP contribution in [0, 0.1) is 16.7 Å². The van der Waals surface area contributed by atoms with Gasteiger partial charge in [0.2, 0.25) is 15.9 Å². The lowest BCUT2D eigenvalue weighted by Crippen LogP contribution is -2.38. The van der Waals surface area contributed by atoms with Crippen LogP contribution in [0.5, 0.6) is 0 Å². The summed E-state index contributed by atoms with van der Waals surface area (Å²) in [5.74, 6) is -0.499. The minimum atomic E-state index is -3.70. The molecule has 1 saturated heterocycles. The monoisotopic (exact) mass is 293 g/mol. The van der Waals surface area contributed by atoms with Crippen molar-refractivity contribution in [1.82, 2.24) is 4.31 Å². The van der Waals surface area contributed by atoms with Gasteiger partial charge in [-0.25, -0.2) is 8.42 Å². The maximum atomic E-state index is 12.5. The Labute approximate surface area is 117 Å². The van der Waals surface area contributed by atoms with Gasteiger partial charge in [0.1, 0.15) is 0 Å². The lowest BCUT2D eigenvalue weighted by Gasteiger charge is -2.21. The fraction of sp³-hybridized carbons (Fsp3) is 0.385. The summed E-state index contributed by atoms with van der Waals surface area (Å²) in [6.45, 7) is 1.98. The molecule has 1 aliphatic rings. The van der Waals surface area contributed by atoms with E-state index in [0.29, 0.717) is 6.42 Å². The number of rotatable bonds is 3. The maximum Gasteiger partial charge on any atom is 0.243 e. The molecule has 1 fully saturated rings. The Morgan fingerprint density at radius 3 is 2.75 bits per heavy atom. The van der Waals surface area contributed by atoms with Crippen LogP contribution in [0.15, 0.2) is 29.2 Å². The second-order valence-electron chi connectivity index (χ2n) is 5.15. The second kappa shape index (κ2) is 4.89. The summed E-state index contributed by atoms with van der Waals surface area (Å²) in [6.07, 6.45) is 0.402. The van der Waals surface area contributed by atoms with E-state index < -0.39 is 21.3 Å². The number of benzene rings is 1. The highest BCUT2D eigenvalue weighted by atomic mass is 32.2. The SMILES string of the molecule is CC1(C(N)=O)CCN(S(=O)(=O)c2cccc(C#N)c2)C1. The number of hydrogen-bond acceptors (Lipinski definition) is 4. The molecule has 0 radical (unpaired) electrons. The Kier molecular flexibility index (Phi) is 3.54. The average molecular weight is 293 g/mol. The van der Waals surface area contributed by atoms with Crippen molar-refractivity contribution in [3.8, 4) is 6.07 Å². The third-order valence-electron chi connectivity index (χ3n) is 3.63. The van der Waals surface area contributed by atoms with Gasteiger partial charge >= 0.3 is 0 Å². The van der Waals surface area contributed by atoms with Gasteiger partial charge in [0, 0.05) is 13.1 Å². The number of sulfonamides is 1. The molecule has 1 aromatic rings. The highest BCUT2D eigenvalue weighted by molar-refractivity contribution is 7.89. The highest BCUT2D eigenvalue weighted by Gasteiger charge is 2.43. The van der Waals surface area contributed by atoms with Crippen LogP contribution in [-0.4, -0.2) is 31.7 Å². The van der Waals surface area contributed by atoms with Gasteiger partial charge < -0.3 is 5.73 Å². The zero-order chi connectivity index (χ0) is 15.0. The zero-order valence-corrected chi connectivity index (χ0v) is 11.9. The Morgan fingerprint density at radius 1 is 1.50 bits per heavy atom. The maximum absolute atomic E-state index is 12.5. The fourth-order valence-corrected chi connectivity index (χ4v) is 3.81. The van der Waals surface area contributed by atoms with Crippen molar-refractivity contribution in [3.63, 3.8) is 0 Å². The predicted octanol–water partition coefficient (Wildman–Crippen LogP) is 0.444. The molecule has 1 aliphatic heterocycles. The molecule has 20 heavy (non-hydrogen) atoms. The van der Waals surface area contributed by atoms with Crippen LogP contribution in [0.1, 0.15) is 18.9 Å². The standard InChI is InChI=1S/C13H15N3O3S/c1-13(12(15)17)5-6-16(9-13)20(18,19)11-4-2-3-10(7-11)8-14/h2-4,7H,5-6,9H2,1H3,(H2,15,17). The minimum absolute atomic E-state index is 0.0604. The van der Waals surface area contributed by atoms with Crippen LogP contribution in [0.3, 0.4) is 0 Å². The molecule has 0 bridgehead atoms. The minimum Gasteiger partial charge on any atom is -0.369 e. The normalized spacial score (nSPS) is 23.4. The highest BCUT2D eigenvalue weighted by Crippen LogP contribution is 2.33. The van der Waals surface area contributed by atoms with E-state index in [1.54, 1.807) is 6.92 Å². The molecule has 7 heteroatoms. The van der Waals surface area contributed by atoms with Gasteiger partial charge in [-0.15, -0.1) is 0 Å². The lowest BCUT2D eigenvalue weighted by atomic mass is 9.89. The Hall–Kier alpha value is -1.91. The van der Waals surface area contributed by atoms with Crippen LogP contribution >= 0.6 is 0 Å². The summed E-state index contributed by atoms with van der Waals surface area (Å²) in [7, 11) is -3.70. The topological polar surface area (TPSA) is 104 Å². The van der Waals surface area contributed by atoms with Crippen molar-refractivity contribution in [2.75, 3.05) is 13.1 Å². The van der Waals surface area contributed by atoms with E-state index in [0.717, 1.165) is 0 Å². The first kappa shape index (κ1) is 14.5. The summed E-state index contributed by atoms with van der Waals surface area (Å²) >= 11 is 0. The molecule has 0 aliphatic carbocycles. The van der Waals surface area contributed by atoms with Crippen molar-refractivity contribution in [2.45, 2.75) is 18.2 Å². The first-order valence-corrected chi connectivity index (χ1v) is 7.54. The molecular weight excluding hydrogens is 278 g/mol. The molecule has 2 N–H and O–H groups in total. The predicted molar refractivity (Wildman–Crippen MR) is 71.8 cm³/mol. The lowest BCUT2D eigenvalue weighted by molar-refractivity contribution is -0.126. The molecule has 1 atom stereocenters. The van der Waals surface area contributed by atoms with E-state index in [1.165, 1.54) is 28.6 Å². The van der Waals surface area contributed by atoms with E-state index in [1.807, 2.05) is 6.07 Å². The van der Waals surface area contributed by atoms with Gasteiger partial charge in [0.25, 0.3) is 0 Å². The largest absolute Gasteiger partial charge is 0.369 e. The van der Waals surface area contributed by atoms with Gasteiger partial charge in [-0.1, -0.05) is 6.07 Å². The Balaban J connectivity index is 2.33. The molecule has 1 heterocycles. The summed E-state index contributed by atoms with van der Waals surface area (Å²) < 4.78 is 26.2. The third-order valence-corrected chi connectivity index (χ3v) is 5.48. The number of carbonyl (C=O) groups excluding carboxylic acids is 1. The fourth-order valence-electron chi connectivity index (χ4n) is 2.20. The summed E-state index contributed by atoms with van der Waals surface area (Å²) in [5, 5.41) is 8.83. The van der Waals surface area contributed by atoms with Crippen molar-refractivity contribution >= 4 is 15.9 Å². The smallest absolute Gasteiger partial charge is 0.243 e. The van der Waals surface area contributed by atoms with Gasteiger partial charge in [0.15, 0.2) is 0 Å². The van der Waals surface area contributed by atoms with Crippen molar-refractivity contribution < 1.29 is 13.2 Å².